The van der Waals surface area contributed by atoms with E-state index in [1.807, 2.05) is 30.1 Å². The Morgan fingerprint density at radius 3 is 2.29 bits per heavy atom. The van der Waals surface area contributed by atoms with Crippen LogP contribution in [-0.4, -0.2) is 24.4 Å². The molecule has 0 heterocycles. The molecular weight excluding hydrogens is 260 g/mol. The minimum atomic E-state index is 0.116. The van der Waals surface area contributed by atoms with Crippen LogP contribution in [0.15, 0.2) is 30.3 Å². The van der Waals surface area contributed by atoms with E-state index in [0.717, 1.165) is 12.8 Å². The van der Waals surface area contributed by atoms with Crippen LogP contribution in [0.4, 0.5) is 0 Å². The Kier molecular flexibility index (Phi) is 7.44. The van der Waals surface area contributed by atoms with Gasteiger partial charge < -0.3 is 10.6 Å². The summed E-state index contributed by atoms with van der Waals surface area (Å²) >= 11 is 0. The van der Waals surface area contributed by atoms with Crippen molar-refractivity contribution >= 4 is 5.91 Å². The third-order valence-electron chi connectivity index (χ3n) is 4.47. The number of nitrogens with two attached hydrogens (primary N) is 1. The van der Waals surface area contributed by atoms with Crippen molar-refractivity contribution in [1.29, 1.82) is 0 Å². The number of rotatable bonds is 8. The van der Waals surface area contributed by atoms with E-state index in [0.29, 0.717) is 24.8 Å². The normalized spacial score (nSPS) is 14.0. The second-order valence-corrected chi connectivity index (χ2v) is 6.21. The summed E-state index contributed by atoms with van der Waals surface area (Å²) in [6.07, 6.45) is 2.54. The van der Waals surface area contributed by atoms with Gasteiger partial charge in [0, 0.05) is 13.5 Å². The zero-order valence-corrected chi connectivity index (χ0v) is 13.9. The second-order valence-electron chi connectivity index (χ2n) is 6.21. The van der Waals surface area contributed by atoms with Gasteiger partial charge in [-0.05, 0) is 43.7 Å². The van der Waals surface area contributed by atoms with Crippen LogP contribution in [0.2, 0.25) is 0 Å². The summed E-state index contributed by atoms with van der Waals surface area (Å²) in [5, 5.41) is 0. The summed E-state index contributed by atoms with van der Waals surface area (Å²) in [6.45, 7) is 7.20. The van der Waals surface area contributed by atoms with Crippen LogP contribution in [0, 0.1) is 11.8 Å². The van der Waals surface area contributed by atoms with Crippen LogP contribution < -0.4 is 5.73 Å². The highest BCUT2D eigenvalue weighted by molar-refractivity contribution is 5.76. The van der Waals surface area contributed by atoms with E-state index in [1.165, 1.54) is 5.56 Å². The second kappa shape index (κ2) is 8.83. The minimum Gasteiger partial charge on any atom is -0.339 e. The maximum absolute atomic E-state index is 12.4. The molecule has 0 aliphatic rings. The first kappa shape index (κ1) is 17.7. The molecule has 0 saturated carbocycles. The van der Waals surface area contributed by atoms with E-state index in [4.69, 9.17) is 5.73 Å². The molecule has 2 N–H and O–H groups in total. The predicted molar refractivity (Wildman–Crippen MR) is 88.9 cm³/mol. The molecule has 0 bridgehead atoms. The van der Waals surface area contributed by atoms with Crippen molar-refractivity contribution in [2.24, 2.45) is 17.6 Å². The summed E-state index contributed by atoms with van der Waals surface area (Å²) in [7, 11) is 1.90. The number of carbonyl (C=O) groups is 1. The van der Waals surface area contributed by atoms with Gasteiger partial charge in [0.05, 0.1) is 6.04 Å². The fourth-order valence-corrected chi connectivity index (χ4v) is 2.68. The summed E-state index contributed by atoms with van der Waals surface area (Å²) in [6, 6.07) is 10.3. The fourth-order valence-electron chi connectivity index (χ4n) is 2.68. The Labute approximate surface area is 129 Å². The molecule has 1 aromatic rings. The van der Waals surface area contributed by atoms with Crippen molar-refractivity contribution in [2.75, 3.05) is 13.6 Å². The third-order valence-corrected chi connectivity index (χ3v) is 4.47. The first-order valence-electron chi connectivity index (χ1n) is 7.98. The molecule has 0 spiro atoms. The molecular formula is C18H30N2O. The van der Waals surface area contributed by atoms with Gasteiger partial charge in [0.15, 0.2) is 0 Å². The van der Waals surface area contributed by atoms with Gasteiger partial charge in [-0.25, -0.2) is 0 Å². The molecule has 3 heteroatoms. The molecule has 1 rings (SSSR count). The van der Waals surface area contributed by atoms with Crippen LogP contribution in [0.3, 0.4) is 0 Å². The zero-order valence-electron chi connectivity index (χ0n) is 13.9. The largest absolute Gasteiger partial charge is 0.339 e. The van der Waals surface area contributed by atoms with Crippen molar-refractivity contribution in [3.8, 4) is 0 Å². The molecule has 0 fully saturated rings. The molecule has 3 nitrogen and oxygen atoms in total. The average molecular weight is 290 g/mol. The van der Waals surface area contributed by atoms with Crippen LogP contribution in [-0.2, 0) is 4.79 Å². The number of benzene rings is 1. The zero-order chi connectivity index (χ0) is 15.8. The van der Waals surface area contributed by atoms with Crippen molar-refractivity contribution in [3.05, 3.63) is 35.9 Å². The van der Waals surface area contributed by atoms with E-state index >= 15 is 0 Å². The first-order valence-corrected chi connectivity index (χ1v) is 7.98. The molecule has 2 unspecified atom stereocenters. The van der Waals surface area contributed by atoms with E-state index in [2.05, 4.69) is 32.9 Å². The molecule has 2 atom stereocenters. The van der Waals surface area contributed by atoms with Crippen LogP contribution in [0.25, 0.3) is 0 Å². The smallest absolute Gasteiger partial charge is 0.222 e. The van der Waals surface area contributed by atoms with Crippen molar-refractivity contribution < 1.29 is 4.79 Å². The van der Waals surface area contributed by atoms with Crippen LogP contribution in [0.5, 0.6) is 0 Å². The summed E-state index contributed by atoms with van der Waals surface area (Å²) in [5.74, 6) is 1.34. The Morgan fingerprint density at radius 1 is 1.14 bits per heavy atom. The molecule has 0 aliphatic heterocycles. The monoisotopic (exact) mass is 290 g/mol. The molecule has 21 heavy (non-hydrogen) atoms. The molecule has 118 valence electrons. The molecule has 0 saturated heterocycles. The van der Waals surface area contributed by atoms with Gasteiger partial charge in [0.1, 0.15) is 0 Å². The van der Waals surface area contributed by atoms with Crippen LogP contribution in [0.1, 0.15) is 51.6 Å². The van der Waals surface area contributed by atoms with Gasteiger partial charge >= 0.3 is 0 Å². The number of carbonyl (C=O) groups excluding carboxylic acids is 1. The van der Waals surface area contributed by atoms with Crippen molar-refractivity contribution in [2.45, 2.75) is 46.1 Å². The number of nitrogens with zero attached hydrogens (tertiary/aromatic N) is 1. The summed E-state index contributed by atoms with van der Waals surface area (Å²) < 4.78 is 0. The van der Waals surface area contributed by atoms with Gasteiger partial charge in [0.25, 0.3) is 0 Å². The molecule has 1 aromatic carbocycles. The number of amides is 1. The van der Waals surface area contributed by atoms with Gasteiger partial charge in [0.2, 0.25) is 5.91 Å². The number of hydrogen-bond acceptors (Lipinski definition) is 2. The third kappa shape index (κ3) is 5.50. The average Bonchev–Trinajstić information content (AvgIpc) is 2.50. The summed E-state index contributed by atoms with van der Waals surface area (Å²) in [5.41, 5.74) is 6.84. The van der Waals surface area contributed by atoms with E-state index in [1.54, 1.807) is 0 Å². The maximum atomic E-state index is 12.4. The topological polar surface area (TPSA) is 46.3 Å². The van der Waals surface area contributed by atoms with Gasteiger partial charge in [-0.1, -0.05) is 44.2 Å². The SMILES string of the molecule is CC(C)C(CCN)CCC(=O)N(C)C(C)c1ccccc1. The lowest BCUT2D eigenvalue weighted by Gasteiger charge is -2.27. The van der Waals surface area contributed by atoms with Crippen LogP contribution >= 0.6 is 0 Å². The Morgan fingerprint density at radius 2 is 1.76 bits per heavy atom. The quantitative estimate of drug-likeness (QED) is 0.795. The van der Waals surface area contributed by atoms with E-state index < -0.39 is 0 Å². The maximum Gasteiger partial charge on any atom is 0.222 e. The lowest BCUT2D eigenvalue weighted by molar-refractivity contribution is -0.132. The Balaban J connectivity index is 2.54. The number of hydrogen-bond donors (Lipinski definition) is 1. The first-order chi connectivity index (χ1) is 9.97. The van der Waals surface area contributed by atoms with Gasteiger partial charge in [-0.15, -0.1) is 0 Å². The highest BCUT2D eigenvalue weighted by atomic mass is 16.2. The van der Waals surface area contributed by atoms with Gasteiger partial charge in [-0.3, -0.25) is 4.79 Å². The van der Waals surface area contributed by atoms with E-state index in [9.17, 15) is 4.79 Å². The highest BCUT2D eigenvalue weighted by Crippen LogP contribution is 2.23. The predicted octanol–water partition coefficient (Wildman–Crippen LogP) is 3.61. The standard InChI is InChI=1S/C18H30N2O/c1-14(2)16(12-13-19)10-11-18(21)20(4)15(3)17-8-6-5-7-9-17/h5-9,14-16H,10-13,19H2,1-4H3. The van der Waals surface area contributed by atoms with Crippen molar-refractivity contribution in [1.82, 2.24) is 4.90 Å². The molecule has 0 aromatic heterocycles. The fraction of sp³-hybridized carbons (Fsp3) is 0.611. The Bertz CT molecular complexity index is 416. The summed E-state index contributed by atoms with van der Waals surface area (Å²) in [4.78, 5) is 14.2. The minimum absolute atomic E-state index is 0.116. The van der Waals surface area contributed by atoms with E-state index in [-0.39, 0.29) is 11.9 Å². The lowest BCUT2D eigenvalue weighted by Crippen LogP contribution is -2.30. The highest BCUT2D eigenvalue weighted by Gasteiger charge is 2.19. The molecule has 1 amide bonds. The van der Waals surface area contributed by atoms with Gasteiger partial charge in [-0.2, -0.15) is 0 Å². The molecule has 0 radical (unpaired) electrons. The Hall–Kier alpha value is -1.35. The van der Waals surface area contributed by atoms with Crippen molar-refractivity contribution in [3.63, 3.8) is 0 Å². The lowest BCUT2D eigenvalue weighted by atomic mass is 9.88. The molecule has 0 aliphatic carbocycles.